The summed E-state index contributed by atoms with van der Waals surface area (Å²) in [6.07, 6.45) is 3.53. The first-order valence-corrected chi connectivity index (χ1v) is 6.09. The van der Waals surface area contributed by atoms with Gasteiger partial charge >= 0.3 is 0 Å². The molecular weight excluding hydrogens is 214 g/mol. The molecule has 1 aliphatic heterocycles. The average Bonchev–Trinajstić information content (AvgIpc) is 2.40. The van der Waals surface area contributed by atoms with Crippen LogP contribution in [0.1, 0.15) is 25.0 Å². The molecule has 0 atom stereocenters. The van der Waals surface area contributed by atoms with E-state index in [2.05, 4.69) is 10.3 Å². The second-order valence-electron chi connectivity index (χ2n) is 4.30. The van der Waals surface area contributed by atoms with E-state index in [1.165, 1.54) is 12.8 Å². The Bertz CT molecular complexity index is 394. The van der Waals surface area contributed by atoms with Crippen LogP contribution in [0.15, 0.2) is 18.2 Å². The quantitative estimate of drug-likeness (QED) is 0.857. The SMILES string of the molecule is N#Cc1cccc(OCCC2CCNCC2)n1. The number of hydrogen-bond donors (Lipinski definition) is 1. The average molecular weight is 231 g/mol. The standard InChI is InChI=1S/C13H17N3O/c14-10-12-2-1-3-13(16-12)17-9-6-11-4-7-15-8-5-11/h1-3,11,15H,4-9H2. The van der Waals surface area contributed by atoms with Crippen molar-refractivity contribution in [2.75, 3.05) is 19.7 Å². The van der Waals surface area contributed by atoms with Crippen molar-refractivity contribution in [1.82, 2.24) is 10.3 Å². The molecule has 0 aliphatic carbocycles. The van der Waals surface area contributed by atoms with Gasteiger partial charge in [-0.25, -0.2) is 4.98 Å². The Hall–Kier alpha value is -1.60. The number of hydrogen-bond acceptors (Lipinski definition) is 4. The van der Waals surface area contributed by atoms with Crippen molar-refractivity contribution in [2.24, 2.45) is 5.92 Å². The van der Waals surface area contributed by atoms with Crippen molar-refractivity contribution in [3.05, 3.63) is 23.9 Å². The third-order valence-corrected chi connectivity index (χ3v) is 3.07. The molecule has 2 heterocycles. The van der Waals surface area contributed by atoms with Crippen LogP contribution < -0.4 is 10.1 Å². The van der Waals surface area contributed by atoms with Crippen LogP contribution in [0.2, 0.25) is 0 Å². The van der Waals surface area contributed by atoms with Gasteiger partial charge in [0, 0.05) is 6.07 Å². The summed E-state index contributed by atoms with van der Waals surface area (Å²) in [4.78, 5) is 4.08. The maximum absolute atomic E-state index is 8.72. The normalized spacial score (nSPS) is 16.4. The van der Waals surface area contributed by atoms with Crippen LogP contribution in [0.25, 0.3) is 0 Å². The summed E-state index contributed by atoms with van der Waals surface area (Å²) in [6.45, 7) is 2.92. The molecule has 1 saturated heterocycles. The van der Waals surface area contributed by atoms with E-state index in [0.29, 0.717) is 18.2 Å². The Balaban J connectivity index is 1.75. The predicted octanol–water partition coefficient (Wildman–Crippen LogP) is 1.72. The van der Waals surface area contributed by atoms with Crippen LogP contribution >= 0.6 is 0 Å². The Morgan fingerprint density at radius 3 is 3.00 bits per heavy atom. The fraction of sp³-hybridized carbons (Fsp3) is 0.538. The molecule has 0 radical (unpaired) electrons. The van der Waals surface area contributed by atoms with E-state index in [4.69, 9.17) is 10.00 Å². The van der Waals surface area contributed by atoms with E-state index < -0.39 is 0 Å². The Morgan fingerprint density at radius 2 is 2.24 bits per heavy atom. The zero-order chi connectivity index (χ0) is 11.9. The van der Waals surface area contributed by atoms with Gasteiger partial charge in [-0.3, -0.25) is 0 Å². The number of rotatable bonds is 4. The van der Waals surface area contributed by atoms with Crippen LogP contribution in [0.5, 0.6) is 5.88 Å². The summed E-state index contributed by atoms with van der Waals surface area (Å²) in [5, 5.41) is 12.1. The van der Waals surface area contributed by atoms with Gasteiger partial charge in [0.2, 0.25) is 5.88 Å². The van der Waals surface area contributed by atoms with Gasteiger partial charge in [-0.1, -0.05) is 6.07 Å². The van der Waals surface area contributed by atoms with Gasteiger partial charge in [0.1, 0.15) is 11.8 Å². The van der Waals surface area contributed by atoms with Crippen molar-refractivity contribution in [2.45, 2.75) is 19.3 Å². The van der Waals surface area contributed by atoms with E-state index in [0.717, 1.165) is 25.4 Å². The second kappa shape index (κ2) is 6.21. The summed E-state index contributed by atoms with van der Waals surface area (Å²) in [5.41, 5.74) is 0.407. The molecule has 0 saturated carbocycles. The van der Waals surface area contributed by atoms with Gasteiger partial charge in [-0.2, -0.15) is 5.26 Å². The van der Waals surface area contributed by atoms with Crippen LogP contribution in [-0.2, 0) is 0 Å². The van der Waals surface area contributed by atoms with Gasteiger partial charge < -0.3 is 10.1 Å². The fourth-order valence-corrected chi connectivity index (χ4v) is 2.06. The van der Waals surface area contributed by atoms with E-state index in [9.17, 15) is 0 Å². The number of nitrogens with zero attached hydrogens (tertiary/aromatic N) is 2. The summed E-state index contributed by atoms with van der Waals surface area (Å²) in [7, 11) is 0. The molecule has 0 unspecified atom stereocenters. The van der Waals surface area contributed by atoms with Gasteiger partial charge in [0.25, 0.3) is 0 Å². The topological polar surface area (TPSA) is 57.9 Å². The molecule has 17 heavy (non-hydrogen) atoms. The molecule has 90 valence electrons. The zero-order valence-electron chi connectivity index (χ0n) is 9.85. The number of nitrogens with one attached hydrogen (secondary N) is 1. The highest BCUT2D eigenvalue weighted by Gasteiger charge is 2.12. The third kappa shape index (κ3) is 3.72. The van der Waals surface area contributed by atoms with Gasteiger partial charge in [-0.15, -0.1) is 0 Å². The third-order valence-electron chi connectivity index (χ3n) is 3.07. The highest BCUT2D eigenvalue weighted by Crippen LogP contribution is 2.16. The maximum atomic E-state index is 8.72. The Kier molecular flexibility index (Phi) is 4.34. The van der Waals surface area contributed by atoms with E-state index in [1.54, 1.807) is 18.2 Å². The monoisotopic (exact) mass is 231 g/mol. The van der Waals surface area contributed by atoms with Gasteiger partial charge in [0.15, 0.2) is 0 Å². The summed E-state index contributed by atoms with van der Waals surface area (Å²) < 4.78 is 5.57. The minimum atomic E-state index is 0.407. The van der Waals surface area contributed by atoms with Crippen molar-refractivity contribution < 1.29 is 4.74 Å². The summed E-state index contributed by atoms with van der Waals surface area (Å²) in [6, 6.07) is 7.28. The number of nitriles is 1. The molecule has 1 aromatic rings. The van der Waals surface area contributed by atoms with Gasteiger partial charge in [0.05, 0.1) is 6.61 Å². The molecule has 1 aliphatic rings. The van der Waals surface area contributed by atoms with Gasteiger partial charge in [-0.05, 0) is 44.3 Å². The minimum absolute atomic E-state index is 0.407. The summed E-state index contributed by atoms with van der Waals surface area (Å²) >= 11 is 0. The lowest BCUT2D eigenvalue weighted by molar-refractivity contribution is 0.245. The number of aromatic nitrogens is 1. The number of ether oxygens (including phenoxy) is 1. The van der Waals surface area contributed by atoms with Crippen molar-refractivity contribution in [3.63, 3.8) is 0 Å². The highest BCUT2D eigenvalue weighted by molar-refractivity contribution is 5.24. The van der Waals surface area contributed by atoms with E-state index in [-0.39, 0.29) is 0 Å². The number of pyridine rings is 1. The van der Waals surface area contributed by atoms with Crippen LogP contribution in [-0.4, -0.2) is 24.7 Å². The molecule has 0 bridgehead atoms. The maximum Gasteiger partial charge on any atom is 0.214 e. The smallest absolute Gasteiger partial charge is 0.214 e. The first kappa shape index (κ1) is 11.9. The van der Waals surface area contributed by atoms with Crippen LogP contribution in [0, 0.1) is 17.2 Å². The molecule has 0 spiro atoms. The zero-order valence-corrected chi connectivity index (χ0v) is 9.85. The van der Waals surface area contributed by atoms with E-state index >= 15 is 0 Å². The molecule has 4 heteroatoms. The largest absolute Gasteiger partial charge is 0.478 e. The molecule has 0 aromatic carbocycles. The first-order chi connectivity index (χ1) is 8.38. The van der Waals surface area contributed by atoms with Crippen molar-refractivity contribution >= 4 is 0 Å². The van der Waals surface area contributed by atoms with Crippen LogP contribution in [0.4, 0.5) is 0 Å². The summed E-state index contributed by atoms with van der Waals surface area (Å²) in [5.74, 6) is 1.31. The minimum Gasteiger partial charge on any atom is -0.478 e. The molecule has 0 amide bonds. The molecular formula is C13H17N3O. The Morgan fingerprint density at radius 1 is 1.41 bits per heavy atom. The Labute approximate surface area is 102 Å². The van der Waals surface area contributed by atoms with E-state index in [1.807, 2.05) is 6.07 Å². The van der Waals surface area contributed by atoms with Crippen molar-refractivity contribution in [3.8, 4) is 11.9 Å². The highest BCUT2D eigenvalue weighted by atomic mass is 16.5. The predicted molar refractivity (Wildman–Crippen MR) is 64.7 cm³/mol. The fourth-order valence-electron chi connectivity index (χ4n) is 2.06. The lowest BCUT2D eigenvalue weighted by atomic mass is 9.95. The molecule has 4 nitrogen and oxygen atoms in total. The van der Waals surface area contributed by atoms with Crippen molar-refractivity contribution in [1.29, 1.82) is 5.26 Å². The molecule has 1 fully saturated rings. The lowest BCUT2D eigenvalue weighted by Gasteiger charge is -2.22. The lowest BCUT2D eigenvalue weighted by Crippen LogP contribution is -2.28. The number of piperidine rings is 1. The second-order valence-corrected chi connectivity index (χ2v) is 4.30. The van der Waals surface area contributed by atoms with Crippen LogP contribution in [0.3, 0.4) is 0 Å². The molecule has 2 rings (SSSR count). The first-order valence-electron chi connectivity index (χ1n) is 6.09. The molecule has 1 N–H and O–H groups in total. The molecule has 1 aromatic heterocycles.